The van der Waals surface area contributed by atoms with E-state index in [1.165, 1.54) is 31.1 Å². The van der Waals surface area contributed by atoms with Crippen LogP contribution in [0.15, 0.2) is 206 Å². The minimum Gasteiger partial charge on any atom is -0.508 e. The van der Waals surface area contributed by atoms with Crippen molar-refractivity contribution in [2.75, 3.05) is 0 Å². The van der Waals surface area contributed by atoms with Crippen LogP contribution >= 0.6 is 0 Å². The van der Waals surface area contributed by atoms with Crippen LogP contribution in [0.2, 0.25) is 0 Å². The largest absolute Gasteiger partial charge is 0.508 e. The molecule has 7 rings (SSSR count). The molecule has 0 atom stereocenters. The third-order valence-electron chi connectivity index (χ3n) is 10.4. The van der Waals surface area contributed by atoms with E-state index in [9.17, 15) is 5.11 Å². The first-order chi connectivity index (χ1) is 23.7. The van der Waals surface area contributed by atoms with Gasteiger partial charge in [-0.2, -0.15) is 0 Å². The van der Waals surface area contributed by atoms with Crippen LogP contribution in [0.25, 0.3) is 0 Å². The summed E-state index contributed by atoms with van der Waals surface area (Å²) in [5, 5.41) is 20.4. The Labute approximate surface area is 286 Å². The Kier molecular flexibility index (Phi) is 8.81. The van der Waals surface area contributed by atoms with E-state index >= 15 is 0 Å². The summed E-state index contributed by atoms with van der Waals surface area (Å²) in [4.78, 5) is 0. The molecule has 0 amide bonds. The number of para-hydroxylation sites is 1. The van der Waals surface area contributed by atoms with Crippen LogP contribution in [0.4, 0.5) is 0 Å². The lowest BCUT2D eigenvalue weighted by atomic mass is 10.1. The highest BCUT2D eigenvalue weighted by Crippen LogP contribution is 2.48. The van der Waals surface area contributed by atoms with Crippen molar-refractivity contribution in [2.45, 2.75) is 18.0 Å². The van der Waals surface area contributed by atoms with Gasteiger partial charge < -0.3 is 5.11 Å². The molecular formula is C45H40OSi2. The number of benzene rings is 7. The number of rotatable bonds is 10. The van der Waals surface area contributed by atoms with Gasteiger partial charge in [0.05, 0.1) is 0 Å². The van der Waals surface area contributed by atoms with Crippen molar-refractivity contribution < 1.29 is 5.11 Å². The first kappa shape index (κ1) is 31.4. The van der Waals surface area contributed by atoms with Crippen LogP contribution < -0.4 is 31.1 Å². The number of hydrogen-bond donors (Lipinski definition) is 1. The van der Waals surface area contributed by atoms with Crippen molar-refractivity contribution in [3.63, 3.8) is 0 Å². The van der Waals surface area contributed by atoms with E-state index in [1.54, 1.807) is 0 Å². The molecular weight excluding hydrogens is 613 g/mol. The van der Waals surface area contributed by atoms with Gasteiger partial charge in [0.25, 0.3) is 0 Å². The van der Waals surface area contributed by atoms with Crippen molar-refractivity contribution in [2.24, 2.45) is 0 Å². The summed E-state index contributed by atoms with van der Waals surface area (Å²) >= 11 is 0. The number of phenolic OH excluding ortho intramolecular Hbond substituents is 1. The lowest BCUT2D eigenvalue weighted by molar-refractivity contribution is 0.462. The Morgan fingerprint density at radius 2 is 0.583 bits per heavy atom. The number of hydrogen-bond acceptors (Lipinski definition) is 1. The van der Waals surface area contributed by atoms with E-state index in [0.717, 1.165) is 12.0 Å². The van der Waals surface area contributed by atoms with Crippen LogP contribution in [0, 0.1) is 0 Å². The number of aromatic hydroxyl groups is 1. The van der Waals surface area contributed by atoms with E-state index in [2.05, 4.69) is 201 Å². The van der Waals surface area contributed by atoms with Crippen LogP contribution in [0.3, 0.4) is 0 Å². The topological polar surface area (TPSA) is 20.2 Å². The Morgan fingerprint density at radius 1 is 0.354 bits per heavy atom. The van der Waals surface area contributed by atoms with Gasteiger partial charge in [-0.05, 0) is 49.2 Å². The average Bonchev–Trinajstić information content (AvgIpc) is 3.17. The fourth-order valence-corrected chi connectivity index (χ4v) is 25.1. The minimum absolute atomic E-state index is 0.346. The van der Waals surface area contributed by atoms with Crippen molar-refractivity contribution >= 4 is 47.3 Å². The highest BCUT2D eigenvalue weighted by atomic mass is 28.4. The summed E-state index contributed by atoms with van der Waals surface area (Å²) in [5.74, 6) is 0.346. The second-order valence-electron chi connectivity index (χ2n) is 12.5. The molecule has 0 spiro atoms. The Morgan fingerprint density at radius 3 is 0.812 bits per heavy atom. The number of phenols is 1. The molecule has 0 aromatic heterocycles. The summed E-state index contributed by atoms with van der Waals surface area (Å²) in [6.45, 7) is 2.37. The quantitative estimate of drug-likeness (QED) is 0.133. The van der Waals surface area contributed by atoms with Gasteiger partial charge in [-0.15, -0.1) is 0 Å². The summed E-state index contributed by atoms with van der Waals surface area (Å²) in [5.41, 5.74) is 1.01. The SMILES string of the molecule is CCC(c1ccccc1O)([Si](c1ccccc1)(c1ccccc1)c1ccccc1)[Si](c1ccccc1)(c1ccccc1)c1ccccc1. The maximum atomic E-state index is 12.4. The smallest absolute Gasteiger partial charge is 0.157 e. The zero-order chi connectivity index (χ0) is 32.9. The molecule has 7 aromatic carbocycles. The standard InChI is InChI=1S/C45H40OSi2/c1-2-45(43-35-21-22-36-44(43)46,47(37-23-9-3-10-24-37,38-25-11-4-12-26-38)39-27-13-5-14-28-39)48(40-29-15-6-16-30-40,41-31-17-7-18-32-41)42-33-19-8-20-34-42/h3-36,46H,2H2,1H3. The van der Waals surface area contributed by atoms with E-state index in [1.807, 2.05) is 12.1 Å². The van der Waals surface area contributed by atoms with Crippen LogP contribution in [-0.2, 0) is 4.66 Å². The van der Waals surface area contributed by atoms with E-state index in [4.69, 9.17) is 0 Å². The predicted octanol–water partition coefficient (Wildman–Crippen LogP) is 6.46. The van der Waals surface area contributed by atoms with E-state index < -0.39 is 20.8 Å². The van der Waals surface area contributed by atoms with Gasteiger partial charge in [-0.1, -0.05) is 207 Å². The summed E-state index contributed by atoms with van der Waals surface area (Å²) in [6, 6.07) is 75.7. The monoisotopic (exact) mass is 652 g/mol. The van der Waals surface area contributed by atoms with Gasteiger partial charge in [0.1, 0.15) is 5.75 Å². The zero-order valence-electron chi connectivity index (χ0n) is 27.3. The van der Waals surface area contributed by atoms with E-state index in [0.29, 0.717) is 5.75 Å². The highest BCUT2D eigenvalue weighted by Gasteiger charge is 2.69. The normalized spacial score (nSPS) is 12.0. The molecule has 1 nitrogen and oxygen atoms in total. The van der Waals surface area contributed by atoms with Gasteiger partial charge in [0.15, 0.2) is 16.1 Å². The molecule has 0 aliphatic heterocycles. The average molecular weight is 653 g/mol. The fourth-order valence-electron chi connectivity index (χ4n) is 8.85. The van der Waals surface area contributed by atoms with E-state index in [-0.39, 0.29) is 0 Å². The Hall–Kier alpha value is -5.23. The van der Waals surface area contributed by atoms with Gasteiger partial charge >= 0.3 is 0 Å². The molecule has 1 N–H and O–H groups in total. The van der Waals surface area contributed by atoms with Crippen molar-refractivity contribution in [1.82, 2.24) is 0 Å². The molecule has 0 saturated carbocycles. The minimum atomic E-state index is -3.26. The molecule has 0 aliphatic carbocycles. The van der Waals surface area contributed by atoms with Crippen LogP contribution in [0.5, 0.6) is 5.75 Å². The predicted molar refractivity (Wildman–Crippen MR) is 208 cm³/mol. The molecule has 0 heterocycles. The third-order valence-corrected chi connectivity index (χ3v) is 23.7. The fraction of sp³-hybridized carbons (Fsp3) is 0.0667. The molecule has 0 saturated heterocycles. The molecule has 7 aromatic rings. The highest BCUT2D eigenvalue weighted by molar-refractivity contribution is 7.28. The van der Waals surface area contributed by atoms with Crippen molar-refractivity contribution in [3.05, 3.63) is 212 Å². The lowest BCUT2D eigenvalue weighted by Crippen LogP contribution is -2.92. The van der Waals surface area contributed by atoms with Crippen LogP contribution in [-0.4, -0.2) is 21.3 Å². The molecule has 3 heteroatoms. The molecule has 0 bridgehead atoms. The zero-order valence-corrected chi connectivity index (χ0v) is 29.3. The second kappa shape index (κ2) is 13.5. The summed E-state index contributed by atoms with van der Waals surface area (Å²) in [7, 11) is -6.52. The molecule has 48 heavy (non-hydrogen) atoms. The Balaban J connectivity index is 1.87. The third kappa shape index (κ3) is 4.73. The Bertz CT molecular complexity index is 1730. The summed E-state index contributed by atoms with van der Waals surface area (Å²) in [6.07, 6.45) is 0.792. The van der Waals surface area contributed by atoms with Gasteiger partial charge in [-0.3, -0.25) is 0 Å². The molecule has 0 fully saturated rings. The molecule has 0 radical (unpaired) electrons. The summed E-state index contributed by atoms with van der Waals surface area (Å²) < 4.78 is -0.598. The molecule has 0 aliphatic rings. The van der Waals surface area contributed by atoms with Crippen LogP contribution in [0.1, 0.15) is 18.9 Å². The van der Waals surface area contributed by atoms with Gasteiger partial charge in [0.2, 0.25) is 0 Å². The molecule has 0 unspecified atom stereocenters. The van der Waals surface area contributed by atoms with Gasteiger partial charge in [0, 0.05) is 4.66 Å². The lowest BCUT2D eigenvalue weighted by Gasteiger charge is -2.60. The first-order valence-corrected chi connectivity index (χ1v) is 20.8. The van der Waals surface area contributed by atoms with Crippen molar-refractivity contribution in [3.8, 4) is 5.75 Å². The first-order valence-electron chi connectivity index (χ1n) is 16.8. The van der Waals surface area contributed by atoms with Gasteiger partial charge in [-0.25, -0.2) is 0 Å². The second-order valence-corrected chi connectivity index (χ2v) is 21.1. The molecule has 234 valence electrons. The maximum Gasteiger partial charge on any atom is 0.157 e. The van der Waals surface area contributed by atoms with Crippen molar-refractivity contribution in [1.29, 1.82) is 0 Å². The maximum absolute atomic E-state index is 12.4.